The number of hydrogen-bond acceptors (Lipinski definition) is 5. The van der Waals surface area contributed by atoms with E-state index in [1.54, 1.807) is 18.6 Å². The van der Waals surface area contributed by atoms with Gasteiger partial charge in [0.15, 0.2) is 5.82 Å². The number of aromatic nitrogens is 5. The lowest BCUT2D eigenvalue weighted by Crippen LogP contribution is -2.32. The fourth-order valence-corrected chi connectivity index (χ4v) is 3.20. The highest BCUT2D eigenvalue weighted by atomic mass is 16.2. The van der Waals surface area contributed by atoms with Crippen molar-refractivity contribution in [3.8, 4) is 11.4 Å². The van der Waals surface area contributed by atoms with Gasteiger partial charge in [0.1, 0.15) is 5.82 Å². The molecule has 1 atom stereocenters. The molecule has 1 unspecified atom stereocenters. The minimum atomic E-state index is 0.0468. The normalized spacial score (nSPS) is 17.0. The van der Waals surface area contributed by atoms with Gasteiger partial charge in [0, 0.05) is 30.7 Å². The summed E-state index contributed by atoms with van der Waals surface area (Å²) < 4.78 is 0. The van der Waals surface area contributed by atoms with E-state index in [4.69, 9.17) is 0 Å². The predicted octanol–water partition coefficient (Wildman–Crippen LogP) is 2.17. The number of pyridine rings is 2. The second-order valence-electron chi connectivity index (χ2n) is 6.02. The van der Waals surface area contributed by atoms with E-state index in [0.717, 1.165) is 30.6 Å². The molecule has 126 valence electrons. The molecule has 3 aromatic heterocycles. The quantitative estimate of drug-likeness (QED) is 0.790. The molecule has 0 spiro atoms. The number of nitrogens with one attached hydrogen (secondary N) is 1. The number of carbonyl (C=O) groups excluding carboxylic acids is 1. The van der Waals surface area contributed by atoms with Crippen LogP contribution in [0.4, 0.5) is 0 Å². The summed E-state index contributed by atoms with van der Waals surface area (Å²) in [6.45, 7) is 0.755. The summed E-state index contributed by atoms with van der Waals surface area (Å²) >= 11 is 0. The van der Waals surface area contributed by atoms with E-state index < -0.39 is 0 Å². The van der Waals surface area contributed by atoms with E-state index in [1.807, 2.05) is 35.2 Å². The molecule has 7 heteroatoms. The first-order chi connectivity index (χ1) is 12.3. The van der Waals surface area contributed by atoms with Crippen LogP contribution in [-0.4, -0.2) is 42.5 Å². The Kier molecular flexibility index (Phi) is 4.20. The summed E-state index contributed by atoms with van der Waals surface area (Å²) in [4.78, 5) is 27.5. The Bertz CT molecular complexity index is 848. The Balaban J connectivity index is 1.48. The summed E-state index contributed by atoms with van der Waals surface area (Å²) in [5.74, 6) is 1.20. The van der Waals surface area contributed by atoms with Crippen molar-refractivity contribution in [2.24, 2.45) is 0 Å². The molecule has 1 saturated heterocycles. The van der Waals surface area contributed by atoms with Gasteiger partial charge in [0.05, 0.1) is 18.2 Å². The van der Waals surface area contributed by atoms with Crippen LogP contribution < -0.4 is 0 Å². The van der Waals surface area contributed by atoms with Gasteiger partial charge in [-0.05, 0) is 37.1 Å². The van der Waals surface area contributed by atoms with E-state index in [0.29, 0.717) is 11.6 Å². The van der Waals surface area contributed by atoms with Crippen molar-refractivity contribution in [1.82, 2.24) is 30.0 Å². The van der Waals surface area contributed by atoms with Crippen molar-refractivity contribution in [3.05, 3.63) is 60.4 Å². The van der Waals surface area contributed by atoms with Gasteiger partial charge < -0.3 is 4.90 Å². The maximum absolute atomic E-state index is 12.7. The molecule has 0 bridgehead atoms. The molecule has 1 N–H and O–H groups in total. The van der Waals surface area contributed by atoms with E-state index in [9.17, 15) is 4.79 Å². The van der Waals surface area contributed by atoms with E-state index in [-0.39, 0.29) is 18.4 Å². The van der Waals surface area contributed by atoms with Crippen LogP contribution in [0.15, 0.2) is 48.9 Å². The summed E-state index contributed by atoms with van der Waals surface area (Å²) in [6, 6.07) is 9.56. The number of carbonyl (C=O) groups is 1. The Morgan fingerprint density at radius 2 is 2.08 bits per heavy atom. The van der Waals surface area contributed by atoms with Crippen LogP contribution in [-0.2, 0) is 11.2 Å². The van der Waals surface area contributed by atoms with Gasteiger partial charge in [-0.3, -0.25) is 19.9 Å². The molecule has 1 aliphatic rings. The molecule has 0 saturated carbocycles. The lowest BCUT2D eigenvalue weighted by atomic mass is 10.1. The number of nitrogens with zero attached hydrogens (tertiary/aromatic N) is 5. The van der Waals surface area contributed by atoms with Crippen molar-refractivity contribution in [2.45, 2.75) is 25.3 Å². The molecule has 1 fully saturated rings. The van der Waals surface area contributed by atoms with Crippen LogP contribution in [0.2, 0.25) is 0 Å². The highest BCUT2D eigenvalue weighted by Crippen LogP contribution is 2.31. The fourth-order valence-electron chi connectivity index (χ4n) is 3.20. The van der Waals surface area contributed by atoms with Crippen LogP contribution in [0.5, 0.6) is 0 Å². The van der Waals surface area contributed by atoms with Crippen LogP contribution in [0, 0.1) is 0 Å². The molecule has 4 heterocycles. The first-order valence-electron chi connectivity index (χ1n) is 8.33. The number of likely N-dealkylation sites (tertiary alicyclic amines) is 1. The summed E-state index contributed by atoms with van der Waals surface area (Å²) in [5, 5.41) is 7.06. The van der Waals surface area contributed by atoms with Gasteiger partial charge in [-0.25, -0.2) is 4.98 Å². The first-order valence-corrected chi connectivity index (χ1v) is 8.33. The van der Waals surface area contributed by atoms with Crippen LogP contribution in [0.25, 0.3) is 11.4 Å². The zero-order valence-corrected chi connectivity index (χ0v) is 13.7. The molecular weight excluding hydrogens is 316 g/mol. The lowest BCUT2D eigenvalue weighted by Gasteiger charge is -2.23. The molecule has 1 amide bonds. The van der Waals surface area contributed by atoms with Crippen LogP contribution in [0.1, 0.15) is 30.4 Å². The molecule has 3 aromatic rings. The standard InChI is InChI=1S/C18H18N6O/c25-17(24-11-3-5-15(24)14-4-1-2-8-20-14)12-16-21-18(23-22-16)13-6-9-19-10-7-13/h1-2,4,6-10,15H,3,5,11-12H2,(H,21,22,23). The maximum Gasteiger partial charge on any atom is 0.230 e. The highest BCUT2D eigenvalue weighted by Gasteiger charge is 2.31. The number of aromatic amines is 1. The summed E-state index contributed by atoms with van der Waals surface area (Å²) in [6.07, 6.45) is 7.30. The number of amides is 1. The fraction of sp³-hybridized carbons (Fsp3) is 0.278. The molecule has 25 heavy (non-hydrogen) atoms. The van der Waals surface area contributed by atoms with E-state index >= 15 is 0 Å². The predicted molar refractivity (Wildman–Crippen MR) is 91.2 cm³/mol. The zero-order chi connectivity index (χ0) is 17.1. The molecular formula is C18H18N6O. The van der Waals surface area contributed by atoms with Crippen LogP contribution >= 0.6 is 0 Å². The van der Waals surface area contributed by atoms with Gasteiger partial charge >= 0.3 is 0 Å². The van der Waals surface area contributed by atoms with Crippen LogP contribution in [0.3, 0.4) is 0 Å². The Hall–Kier alpha value is -3.09. The lowest BCUT2D eigenvalue weighted by molar-refractivity contribution is -0.131. The smallest absolute Gasteiger partial charge is 0.230 e. The molecule has 4 rings (SSSR count). The average molecular weight is 334 g/mol. The third kappa shape index (κ3) is 3.26. The highest BCUT2D eigenvalue weighted by molar-refractivity contribution is 5.78. The molecule has 0 radical (unpaired) electrons. The third-order valence-electron chi connectivity index (χ3n) is 4.39. The monoisotopic (exact) mass is 334 g/mol. The minimum Gasteiger partial charge on any atom is -0.334 e. The number of hydrogen-bond donors (Lipinski definition) is 1. The Morgan fingerprint density at radius 1 is 1.20 bits per heavy atom. The number of rotatable bonds is 4. The van der Waals surface area contributed by atoms with Crippen molar-refractivity contribution >= 4 is 5.91 Å². The van der Waals surface area contributed by atoms with Crippen molar-refractivity contribution in [1.29, 1.82) is 0 Å². The third-order valence-corrected chi connectivity index (χ3v) is 4.39. The largest absolute Gasteiger partial charge is 0.334 e. The van der Waals surface area contributed by atoms with E-state index in [1.165, 1.54) is 0 Å². The molecule has 1 aliphatic heterocycles. The van der Waals surface area contributed by atoms with E-state index in [2.05, 4.69) is 25.1 Å². The van der Waals surface area contributed by atoms with Crippen molar-refractivity contribution in [2.75, 3.05) is 6.54 Å². The van der Waals surface area contributed by atoms with Gasteiger partial charge in [-0.15, -0.1) is 0 Å². The van der Waals surface area contributed by atoms with Gasteiger partial charge in [0.2, 0.25) is 5.91 Å². The summed E-state index contributed by atoms with van der Waals surface area (Å²) in [5.41, 5.74) is 1.82. The Labute approximate surface area is 145 Å². The number of H-pyrrole nitrogens is 1. The van der Waals surface area contributed by atoms with Gasteiger partial charge in [0.25, 0.3) is 0 Å². The Morgan fingerprint density at radius 3 is 2.88 bits per heavy atom. The molecule has 0 aromatic carbocycles. The first kappa shape index (κ1) is 15.4. The molecule has 7 nitrogen and oxygen atoms in total. The zero-order valence-electron chi connectivity index (χ0n) is 13.7. The van der Waals surface area contributed by atoms with Gasteiger partial charge in [-0.1, -0.05) is 6.07 Å². The molecule has 0 aliphatic carbocycles. The second-order valence-corrected chi connectivity index (χ2v) is 6.02. The van der Waals surface area contributed by atoms with Crippen molar-refractivity contribution < 1.29 is 4.79 Å². The second kappa shape index (κ2) is 6.80. The topological polar surface area (TPSA) is 87.7 Å². The SMILES string of the molecule is O=C(Cc1nc(-c2ccncc2)n[nH]1)N1CCCC1c1ccccn1. The summed E-state index contributed by atoms with van der Waals surface area (Å²) in [7, 11) is 0. The van der Waals surface area contributed by atoms with Gasteiger partial charge in [-0.2, -0.15) is 5.10 Å². The van der Waals surface area contributed by atoms with Crippen molar-refractivity contribution in [3.63, 3.8) is 0 Å². The average Bonchev–Trinajstić information content (AvgIpc) is 3.33. The maximum atomic E-state index is 12.7. The minimum absolute atomic E-state index is 0.0468.